The number of quaternary nitrogens is 1. The summed E-state index contributed by atoms with van der Waals surface area (Å²) in [5, 5.41) is 21.5. The fourth-order valence-electron chi connectivity index (χ4n) is 3.33. The average molecular weight is 546 g/mol. The van der Waals surface area contributed by atoms with Crippen LogP contribution in [-0.2, 0) is 6.18 Å². The van der Waals surface area contributed by atoms with Gasteiger partial charge in [-0.1, -0.05) is 30.5 Å². The molecule has 1 atom stereocenters. The number of halogens is 4. The van der Waals surface area contributed by atoms with Gasteiger partial charge in [-0.2, -0.15) is 18.2 Å². The molecule has 12 heteroatoms. The molecule has 0 fully saturated rings. The predicted octanol–water partition coefficient (Wildman–Crippen LogP) is 3.53. The molecule has 1 aromatic heterocycles. The van der Waals surface area contributed by atoms with E-state index < -0.39 is 22.7 Å². The van der Waals surface area contributed by atoms with Crippen molar-refractivity contribution in [2.45, 2.75) is 20.0 Å². The zero-order valence-corrected chi connectivity index (χ0v) is 21.2. The summed E-state index contributed by atoms with van der Waals surface area (Å²) in [6.07, 6.45) is -3.42. The number of aliphatic hydroxyl groups excluding tert-OH is 1. The minimum absolute atomic E-state index is 0.00266. The number of nitrogens with zero attached hydrogens (tertiary/aromatic N) is 2. The van der Waals surface area contributed by atoms with E-state index >= 15 is 0 Å². The van der Waals surface area contributed by atoms with Crippen molar-refractivity contribution in [3.05, 3.63) is 75.6 Å². The van der Waals surface area contributed by atoms with E-state index in [-0.39, 0.29) is 35.2 Å². The summed E-state index contributed by atoms with van der Waals surface area (Å²) in [7, 11) is 0. The third-order valence-electron chi connectivity index (χ3n) is 5.53. The second-order valence-electron chi connectivity index (χ2n) is 8.55. The highest BCUT2D eigenvalue weighted by molar-refractivity contribution is 6.31. The number of anilines is 2. The molecule has 0 aliphatic heterocycles. The van der Waals surface area contributed by atoms with Gasteiger partial charge in [0.15, 0.2) is 0 Å². The van der Waals surface area contributed by atoms with Crippen LogP contribution in [0.5, 0.6) is 0 Å². The Balaban J connectivity index is 1.84. The zero-order valence-electron chi connectivity index (χ0n) is 20.4. The molecule has 2 aromatic carbocycles. The Kier molecular flexibility index (Phi) is 9.06. The first kappa shape index (κ1) is 28.6. The molecule has 0 saturated carbocycles. The van der Waals surface area contributed by atoms with Crippen LogP contribution < -0.4 is 16.4 Å². The molecular weight excluding hydrogens is 521 g/mol. The van der Waals surface area contributed by atoms with Gasteiger partial charge in [-0.3, -0.25) is 15.5 Å². The van der Waals surface area contributed by atoms with Crippen LogP contribution in [0.2, 0.25) is 5.02 Å². The standard InChI is InChI=1S/C26H24ClF3N6O2/c1-14(12-37)11-33-24-22(23(32)34-13-35-24)21(31)8-5-16-9-18(6-3-15(16)2)36-25(38)17-4-7-20(27)19(10-17)26(28,29)30/h3-4,6-7,9-10,13-14,31,37H,11-12H2,1-2H3,(H,36,38)(H3,32,33,34,35)/p+1/t14-/m0/s1. The van der Waals surface area contributed by atoms with Crippen molar-refractivity contribution >= 4 is 40.5 Å². The van der Waals surface area contributed by atoms with Crippen molar-refractivity contribution in [2.24, 2.45) is 5.92 Å². The van der Waals surface area contributed by atoms with Crippen molar-refractivity contribution in [1.29, 1.82) is 5.41 Å². The van der Waals surface area contributed by atoms with Gasteiger partial charge in [-0.05, 0) is 48.7 Å². The molecule has 3 aromatic rings. The molecule has 1 amide bonds. The molecule has 0 spiro atoms. The monoisotopic (exact) mass is 545 g/mol. The van der Waals surface area contributed by atoms with Gasteiger partial charge in [0.1, 0.15) is 23.4 Å². The first-order valence-electron chi connectivity index (χ1n) is 11.3. The van der Waals surface area contributed by atoms with E-state index in [1.165, 1.54) is 12.4 Å². The number of nitrogens with one attached hydrogen (secondary N) is 2. The summed E-state index contributed by atoms with van der Waals surface area (Å²) in [5.74, 6) is 5.36. The van der Waals surface area contributed by atoms with Crippen molar-refractivity contribution in [1.82, 2.24) is 9.97 Å². The molecule has 0 aliphatic carbocycles. The number of carbonyl (C=O) groups is 1. The largest absolute Gasteiger partial charge is 0.417 e. The summed E-state index contributed by atoms with van der Waals surface area (Å²) >= 11 is 5.63. The number of rotatable bonds is 7. The van der Waals surface area contributed by atoms with Crippen molar-refractivity contribution in [2.75, 3.05) is 24.2 Å². The summed E-state index contributed by atoms with van der Waals surface area (Å²) in [6, 6.07) is 7.73. The Morgan fingerprint density at radius 3 is 2.68 bits per heavy atom. The molecule has 0 radical (unpaired) electrons. The average Bonchev–Trinajstić information content (AvgIpc) is 2.86. The fraction of sp³-hybridized carbons (Fsp3) is 0.231. The van der Waals surface area contributed by atoms with Gasteiger partial charge in [0.25, 0.3) is 5.91 Å². The number of amides is 1. The predicted molar refractivity (Wildman–Crippen MR) is 138 cm³/mol. The van der Waals surface area contributed by atoms with Crippen molar-refractivity contribution < 1.29 is 28.4 Å². The van der Waals surface area contributed by atoms with Gasteiger partial charge in [0, 0.05) is 22.7 Å². The van der Waals surface area contributed by atoms with Crippen LogP contribution in [0.3, 0.4) is 0 Å². The molecule has 3 rings (SSSR count). The smallest absolute Gasteiger partial charge is 0.396 e. The van der Waals surface area contributed by atoms with E-state index in [2.05, 4.69) is 27.1 Å². The Bertz CT molecular complexity index is 1430. The van der Waals surface area contributed by atoms with Crippen LogP contribution in [-0.4, -0.2) is 39.8 Å². The van der Waals surface area contributed by atoms with Gasteiger partial charge < -0.3 is 16.2 Å². The van der Waals surface area contributed by atoms with Gasteiger partial charge in [0.05, 0.1) is 23.7 Å². The number of benzene rings is 2. The molecule has 0 unspecified atom stereocenters. The Morgan fingerprint density at radius 1 is 1.26 bits per heavy atom. The zero-order chi connectivity index (χ0) is 28.0. The number of aliphatic hydroxyl groups is 1. The van der Waals surface area contributed by atoms with Gasteiger partial charge in [0.2, 0.25) is 5.82 Å². The summed E-state index contributed by atoms with van der Waals surface area (Å²) in [5.41, 5.74) is 6.33. The molecule has 8 nitrogen and oxygen atoms in total. The molecule has 0 saturated heterocycles. The summed E-state index contributed by atoms with van der Waals surface area (Å²) in [6.45, 7) is 4.16. The van der Waals surface area contributed by atoms with Gasteiger partial charge >= 0.3 is 6.18 Å². The lowest BCUT2D eigenvalue weighted by Gasteiger charge is -2.12. The van der Waals surface area contributed by atoms with Crippen LogP contribution in [0.4, 0.5) is 30.5 Å². The van der Waals surface area contributed by atoms with E-state index in [1.54, 1.807) is 30.4 Å². The lowest BCUT2D eigenvalue weighted by molar-refractivity contribution is -0.582. The summed E-state index contributed by atoms with van der Waals surface area (Å²) < 4.78 is 39.5. The minimum Gasteiger partial charge on any atom is -0.396 e. The second kappa shape index (κ2) is 12.0. The Morgan fingerprint density at radius 2 is 2.00 bits per heavy atom. The lowest BCUT2D eigenvalue weighted by Crippen LogP contribution is -2.80. The van der Waals surface area contributed by atoms with Crippen molar-refractivity contribution in [3.63, 3.8) is 0 Å². The minimum atomic E-state index is -4.70. The maximum absolute atomic E-state index is 13.2. The maximum Gasteiger partial charge on any atom is 0.417 e. The third kappa shape index (κ3) is 7.07. The topological polar surface area (TPSA) is 142 Å². The molecule has 1 heterocycles. The molecule has 198 valence electrons. The normalized spacial score (nSPS) is 11.9. The molecule has 7 N–H and O–H groups in total. The van der Waals surface area contributed by atoms with E-state index in [0.29, 0.717) is 29.7 Å². The lowest BCUT2D eigenvalue weighted by atomic mass is 10.1. The molecule has 38 heavy (non-hydrogen) atoms. The maximum atomic E-state index is 13.2. The Hall–Kier alpha value is -3.98. The number of hydrogen-bond acceptors (Lipinski definition) is 6. The highest BCUT2D eigenvalue weighted by Gasteiger charge is 2.33. The first-order valence-corrected chi connectivity index (χ1v) is 11.7. The summed E-state index contributed by atoms with van der Waals surface area (Å²) in [4.78, 5) is 20.7. The highest BCUT2D eigenvalue weighted by atomic mass is 35.5. The quantitative estimate of drug-likeness (QED) is 0.228. The third-order valence-corrected chi connectivity index (χ3v) is 5.86. The van der Waals surface area contributed by atoms with Gasteiger partial charge in [-0.25, -0.2) is 4.98 Å². The number of aryl methyl sites for hydroxylation is 1. The second-order valence-corrected chi connectivity index (χ2v) is 8.96. The Labute approximate surface area is 222 Å². The van der Waals surface area contributed by atoms with Crippen LogP contribution in [0, 0.1) is 30.1 Å². The number of nitrogens with two attached hydrogens (primary N) is 2. The van der Waals surface area contributed by atoms with E-state index in [4.69, 9.17) is 22.7 Å². The number of carbonyl (C=O) groups excluding carboxylic acids is 1. The fourth-order valence-corrected chi connectivity index (χ4v) is 3.55. The van der Waals surface area contributed by atoms with E-state index in [9.17, 15) is 23.1 Å². The van der Waals surface area contributed by atoms with E-state index in [0.717, 1.165) is 11.6 Å². The highest BCUT2D eigenvalue weighted by Crippen LogP contribution is 2.35. The van der Waals surface area contributed by atoms with Crippen LogP contribution in [0.1, 0.15) is 39.5 Å². The van der Waals surface area contributed by atoms with Crippen LogP contribution >= 0.6 is 11.6 Å². The van der Waals surface area contributed by atoms with Crippen LogP contribution in [0.25, 0.3) is 0 Å². The van der Waals surface area contributed by atoms with Crippen molar-refractivity contribution in [3.8, 4) is 11.8 Å². The number of nitrogen functional groups attached to an aromatic ring is 1. The first-order chi connectivity index (χ1) is 17.9. The SMILES string of the molecule is Cc1ccc(NC(=O)c2ccc(Cl)c(C(F)(F)F)c2)cc1C#CC(=N)c1c(N)ncnc1[NH2+]C[C@H](C)CO. The number of hydrogen-bond donors (Lipinski definition) is 5. The van der Waals surface area contributed by atoms with Crippen LogP contribution in [0.15, 0.2) is 42.7 Å². The van der Waals surface area contributed by atoms with E-state index in [1.807, 2.05) is 6.92 Å². The molecular formula is C26H25ClF3N6O2+. The molecule has 0 aliphatic rings. The number of aromatic nitrogens is 2. The number of alkyl halides is 3. The van der Waals surface area contributed by atoms with Gasteiger partial charge in [-0.15, -0.1) is 0 Å². The molecule has 0 bridgehead atoms.